The number of hydrogen-bond acceptors (Lipinski definition) is 3. The highest BCUT2D eigenvalue weighted by Crippen LogP contribution is 2.23. The van der Waals surface area contributed by atoms with Gasteiger partial charge in [-0.1, -0.05) is 35.3 Å². The van der Waals surface area contributed by atoms with Crippen LogP contribution in [0.25, 0.3) is 5.82 Å². The average Bonchev–Trinajstić information content (AvgIpc) is 3.21. The Bertz CT molecular complexity index is 880. The predicted octanol–water partition coefficient (Wildman–Crippen LogP) is 4.60. The molecule has 2 heterocycles. The Labute approximate surface area is 168 Å². The van der Waals surface area contributed by atoms with E-state index in [0.717, 1.165) is 36.2 Å². The van der Waals surface area contributed by atoms with Gasteiger partial charge in [-0.15, -0.1) is 0 Å². The number of amides is 1. The van der Waals surface area contributed by atoms with Gasteiger partial charge in [-0.3, -0.25) is 9.36 Å². The van der Waals surface area contributed by atoms with Crippen LogP contribution in [-0.4, -0.2) is 20.4 Å². The van der Waals surface area contributed by atoms with Crippen molar-refractivity contribution in [3.8, 4) is 5.82 Å². The average molecular weight is 403 g/mol. The molecule has 1 amide bonds. The largest absolute Gasteiger partial charge is 0.352 e. The number of carbonyl (C=O) groups excluding carboxylic acids is 1. The van der Waals surface area contributed by atoms with Crippen molar-refractivity contribution in [1.29, 1.82) is 0 Å². The molecule has 0 radical (unpaired) electrons. The third kappa shape index (κ3) is 5.81. The van der Waals surface area contributed by atoms with Crippen LogP contribution >= 0.6 is 23.2 Å². The standard InChI is InChI=1S/C20H20Cl2N4O/c21-17-7-5-15(11-18(17)22)3-1-2-4-20(27)25-13-16-6-8-19(24-12-16)26-10-9-23-14-26/h5-12,14H,1-4,13H2,(H,25,27). The highest BCUT2D eigenvalue weighted by Gasteiger charge is 2.04. The number of hydrogen-bond donors (Lipinski definition) is 1. The van der Waals surface area contributed by atoms with Gasteiger partial charge in [-0.2, -0.15) is 0 Å². The zero-order chi connectivity index (χ0) is 19.1. The van der Waals surface area contributed by atoms with Crippen LogP contribution in [0.4, 0.5) is 0 Å². The van der Waals surface area contributed by atoms with Crippen LogP contribution in [0.5, 0.6) is 0 Å². The number of unbranched alkanes of at least 4 members (excludes halogenated alkanes) is 1. The van der Waals surface area contributed by atoms with Crippen molar-refractivity contribution in [3.63, 3.8) is 0 Å². The molecule has 7 heteroatoms. The molecule has 0 fully saturated rings. The van der Waals surface area contributed by atoms with Gasteiger partial charge in [0.25, 0.3) is 0 Å². The second-order valence-corrected chi connectivity index (χ2v) is 7.04. The van der Waals surface area contributed by atoms with Crippen LogP contribution in [0.1, 0.15) is 30.4 Å². The molecule has 0 saturated carbocycles. The van der Waals surface area contributed by atoms with Crippen molar-refractivity contribution in [2.45, 2.75) is 32.2 Å². The molecule has 1 aromatic carbocycles. The first kappa shape index (κ1) is 19.4. The zero-order valence-corrected chi connectivity index (χ0v) is 16.2. The molecule has 1 N–H and O–H groups in total. The van der Waals surface area contributed by atoms with E-state index in [1.54, 1.807) is 24.8 Å². The van der Waals surface area contributed by atoms with E-state index >= 15 is 0 Å². The Morgan fingerprint density at radius 1 is 1.07 bits per heavy atom. The van der Waals surface area contributed by atoms with Gasteiger partial charge in [0.05, 0.1) is 10.0 Å². The van der Waals surface area contributed by atoms with Gasteiger partial charge in [0.15, 0.2) is 0 Å². The lowest BCUT2D eigenvalue weighted by Gasteiger charge is -2.07. The molecule has 3 rings (SSSR count). The fourth-order valence-corrected chi connectivity index (χ4v) is 2.99. The molecule has 3 aromatic rings. The quantitative estimate of drug-likeness (QED) is 0.559. The van der Waals surface area contributed by atoms with E-state index in [2.05, 4.69) is 15.3 Å². The highest BCUT2D eigenvalue weighted by atomic mass is 35.5. The van der Waals surface area contributed by atoms with Gasteiger partial charge in [-0.25, -0.2) is 9.97 Å². The van der Waals surface area contributed by atoms with Crippen molar-refractivity contribution in [1.82, 2.24) is 19.9 Å². The molecule has 0 atom stereocenters. The Hall–Kier alpha value is -2.37. The van der Waals surface area contributed by atoms with Crippen molar-refractivity contribution in [2.24, 2.45) is 0 Å². The molecule has 2 aromatic heterocycles. The number of benzene rings is 1. The van der Waals surface area contributed by atoms with E-state index in [4.69, 9.17) is 23.2 Å². The number of aromatic nitrogens is 3. The summed E-state index contributed by atoms with van der Waals surface area (Å²) in [6.07, 6.45) is 10.1. The molecule has 0 unspecified atom stereocenters. The summed E-state index contributed by atoms with van der Waals surface area (Å²) >= 11 is 11.9. The van der Waals surface area contributed by atoms with Gasteiger partial charge in [0, 0.05) is 31.6 Å². The summed E-state index contributed by atoms with van der Waals surface area (Å²) in [6.45, 7) is 0.475. The predicted molar refractivity (Wildman–Crippen MR) is 107 cm³/mol. The van der Waals surface area contributed by atoms with Crippen LogP contribution in [0.2, 0.25) is 10.0 Å². The maximum atomic E-state index is 12.0. The van der Waals surface area contributed by atoms with Crippen LogP contribution in [0.15, 0.2) is 55.2 Å². The van der Waals surface area contributed by atoms with Crippen molar-refractivity contribution in [2.75, 3.05) is 0 Å². The molecular formula is C20H20Cl2N4O. The van der Waals surface area contributed by atoms with E-state index in [1.165, 1.54) is 0 Å². The Balaban J connectivity index is 1.36. The van der Waals surface area contributed by atoms with Crippen LogP contribution < -0.4 is 5.32 Å². The second-order valence-electron chi connectivity index (χ2n) is 6.23. The van der Waals surface area contributed by atoms with Crippen LogP contribution in [0, 0.1) is 0 Å². The summed E-state index contributed by atoms with van der Waals surface area (Å²) in [5, 5.41) is 4.06. The lowest BCUT2D eigenvalue weighted by molar-refractivity contribution is -0.121. The SMILES string of the molecule is O=C(CCCCc1ccc(Cl)c(Cl)c1)NCc1ccc(-n2ccnc2)nc1. The van der Waals surface area contributed by atoms with Crippen LogP contribution in [-0.2, 0) is 17.8 Å². The molecular weight excluding hydrogens is 383 g/mol. The maximum Gasteiger partial charge on any atom is 0.220 e. The minimum Gasteiger partial charge on any atom is -0.352 e. The number of halogens is 2. The van der Waals surface area contributed by atoms with E-state index in [1.807, 2.05) is 35.0 Å². The van der Waals surface area contributed by atoms with E-state index < -0.39 is 0 Å². The topological polar surface area (TPSA) is 59.8 Å². The molecule has 140 valence electrons. The number of carbonyl (C=O) groups is 1. The highest BCUT2D eigenvalue weighted by molar-refractivity contribution is 6.42. The Morgan fingerprint density at radius 3 is 2.63 bits per heavy atom. The van der Waals surface area contributed by atoms with E-state index in [9.17, 15) is 4.79 Å². The summed E-state index contributed by atoms with van der Waals surface area (Å²) in [4.78, 5) is 20.4. The third-order valence-electron chi connectivity index (χ3n) is 4.17. The zero-order valence-electron chi connectivity index (χ0n) is 14.7. The smallest absolute Gasteiger partial charge is 0.220 e. The first-order chi connectivity index (χ1) is 13.1. The molecule has 0 spiro atoms. The van der Waals surface area contributed by atoms with Gasteiger partial charge < -0.3 is 5.32 Å². The van der Waals surface area contributed by atoms with Crippen molar-refractivity contribution in [3.05, 3.63) is 76.4 Å². The fraction of sp³-hybridized carbons (Fsp3) is 0.250. The molecule has 0 saturated heterocycles. The lowest BCUT2D eigenvalue weighted by Crippen LogP contribution is -2.22. The number of imidazole rings is 1. The van der Waals surface area contributed by atoms with E-state index in [0.29, 0.717) is 23.0 Å². The maximum absolute atomic E-state index is 12.0. The second kappa shape index (κ2) is 9.53. The summed E-state index contributed by atoms with van der Waals surface area (Å²) in [6, 6.07) is 9.50. The van der Waals surface area contributed by atoms with Gasteiger partial charge in [0.2, 0.25) is 5.91 Å². The number of aryl methyl sites for hydroxylation is 1. The fourth-order valence-electron chi connectivity index (χ4n) is 2.67. The van der Waals surface area contributed by atoms with Gasteiger partial charge in [-0.05, 0) is 48.6 Å². The minimum absolute atomic E-state index is 0.0443. The number of rotatable bonds is 8. The Kier molecular flexibility index (Phi) is 6.85. The molecule has 0 aliphatic carbocycles. The normalized spacial score (nSPS) is 10.7. The molecule has 0 bridgehead atoms. The first-order valence-corrected chi connectivity index (χ1v) is 9.51. The van der Waals surface area contributed by atoms with Crippen LogP contribution in [0.3, 0.4) is 0 Å². The Morgan fingerprint density at radius 2 is 1.93 bits per heavy atom. The lowest BCUT2D eigenvalue weighted by atomic mass is 10.1. The van der Waals surface area contributed by atoms with Crippen molar-refractivity contribution < 1.29 is 4.79 Å². The summed E-state index contributed by atoms with van der Waals surface area (Å²) < 4.78 is 1.83. The number of nitrogens with zero attached hydrogens (tertiary/aromatic N) is 3. The molecule has 27 heavy (non-hydrogen) atoms. The monoisotopic (exact) mass is 402 g/mol. The minimum atomic E-state index is 0.0443. The first-order valence-electron chi connectivity index (χ1n) is 8.76. The molecule has 5 nitrogen and oxygen atoms in total. The van der Waals surface area contributed by atoms with Crippen molar-refractivity contribution >= 4 is 29.1 Å². The van der Waals surface area contributed by atoms with Gasteiger partial charge in [0.1, 0.15) is 12.1 Å². The summed E-state index contributed by atoms with van der Waals surface area (Å²) in [5.41, 5.74) is 2.09. The molecule has 0 aliphatic heterocycles. The molecule has 0 aliphatic rings. The number of nitrogens with one attached hydrogen (secondary N) is 1. The summed E-state index contributed by atoms with van der Waals surface area (Å²) in [5.74, 6) is 0.840. The summed E-state index contributed by atoms with van der Waals surface area (Å²) in [7, 11) is 0. The number of pyridine rings is 1. The third-order valence-corrected chi connectivity index (χ3v) is 4.91. The van der Waals surface area contributed by atoms with Gasteiger partial charge >= 0.3 is 0 Å². The van der Waals surface area contributed by atoms with E-state index in [-0.39, 0.29) is 5.91 Å².